The van der Waals surface area contributed by atoms with E-state index in [1.54, 1.807) is 6.07 Å². The molecule has 78 valence electrons. The fourth-order valence-corrected chi connectivity index (χ4v) is 1.33. The second kappa shape index (κ2) is 4.07. The Morgan fingerprint density at radius 2 is 1.81 bits per heavy atom. The molecule has 0 spiro atoms. The van der Waals surface area contributed by atoms with Crippen LogP contribution in [0.2, 0.25) is 0 Å². The summed E-state index contributed by atoms with van der Waals surface area (Å²) in [6.07, 6.45) is 2.90. The quantitative estimate of drug-likeness (QED) is 0.734. The third-order valence-electron chi connectivity index (χ3n) is 2.12. The molecule has 16 heavy (non-hydrogen) atoms. The molecule has 0 N–H and O–H groups in total. The Kier molecular flexibility index (Phi) is 2.61. The van der Waals surface area contributed by atoms with Crippen molar-refractivity contribution < 1.29 is 8.78 Å². The first-order valence-electron chi connectivity index (χ1n) is 4.51. The van der Waals surface area contributed by atoms with E-state index in [9.17, 15) is 8.78 Å². The largest absolute Gasteiger partial charge is 0.263 e. The second-order valence-corrected chi connectivity index (χ2v) is 3.20. The number of nitrogens with zero attached hydrogens (tertiary/aromatic N) is 2. The lowest BCUT2D eigenvalue weighted by Crippen LogP contribution is -1.87. The highest BCUT2D eigenvalue weighted by Crippen LogP contribution is 2.21. The molecule has 0 bridgehead atoms. The van der Waals surface area contributed by atoms with Crippen LogP contribution in [0.5, 0.6) is 0 Å². The number of aromatic nitrogens is 1. The molecule has 0 amide bonds. The summed E-state index contributed by atoms with van der Waals surface area (Å²) in [6.45, 7) is 0. The van der Waals surface area contributed by atoms with Crippen LogP contribution < -0.4 is 0 Å². The Morgan fingerprint density at radius 3 is 2.50 bits per heavy atom. The van der Waals surface area contributed by atoms with Gasteiger partial charge < -0.3 is 0 Å². The van der Waals surface area contributed by atoms with Crippen LogP contribution in [0.1, 0.15) is 5.56 Å². The van der Waals surface area contributed by atoms with Crippen LogP contribution in [0, 0.1) is 23.0 Å². The van der Waals surface area contributed by atoms with E-state index in [1.807, 2.05) is 6.07 Å². The van der Waals surface area contributed by atoms with Gasteiger partial charge in [-0.1, -0.05) is 6.07 Å². The number of benzene rings is 1. The third-order valence-corrected chi connectivity index (χ3v) is 2.12. The Balaban J connectivity index is 2.51. The van der Waals surface area contributed by atoms with Crippen molar-refractivity contribution in [3.05, 3.63) is 53.9 Å². The minimum Gasteiger partial charge on any atom is -0.263 e. The van der Waals surface area contributed by atoms with Gasteiger partial charge in [0.15, 0.2) is 11.6 Å². The van der Waals surface area contributed by atoms with Crippen LogP contribution in [0.3, 0.4) is 0 Å². The molecule has 1 aromatic heterocycles. The topological polar surface area (TPSA) is 36.7 Å². The molecule has 0 fully saturated rings. The maximum absolute atomic E-state index is 13.0. The first-order chi connectivity index (χ1) is 7.70. The molecule has 2 aromatic rings. The summed E-state index contributed by atoms with van der Waals surface area (Å²) in [4.78, 5) is 3.85. The summed E-state index contributed by atoms with van der Waals surface area (Å²) < 4.78 is 25.7. The summed E-state index contributed by atoms with van der Waals surface area (Å²) in [7, 11) is 0. The fraction of sp³-hybridized carbons (Fsp3) is 0. The summed E-state index contributed by atoms with van der Waals surface area (Å²) >= 11 is 0. The van der Waals surface area contributed by atoms with Crippen molar-refractivity contribution in [1.29, 1.82) is 5.26 Å². The lowest BCUT2D eigenvalue weighted by molar-refractivity contribution is 0.509. The van der Waals surface area contributed by atoms with E-state index < -0.39 is 11.6 Å². The second-order valence-electron chi connectivity index (χ2n) is 3.20. The molecule has 0 atom stereocenters. The van der Waals surface area contributed by atoms with Gasteiger partial charge in [-0.2, -0.15) is 5.26 Å². The van der Waals surface area contributed by atoms with E-state index in [4.69, 9.17) is 5.26 Å². The average Bonchev–Trinajstić information content (AvgIpc) is 2.33. The van der Waals surface area contributed by atoms with Gasteiger partial charge in [0.1, 0.15) is 6.07 Å². The Bertz CT molecular complexity index is 573. The van der Waals surface area contributed by atoms with Crippen molar-refractivity contribution in [2.75, 3.05) is 0 Å². The van der Waals surface area contributed by atoms with Crippen LogP contribution in [-0.4, -0.2) is 4.98 Å². The first kappa shape index (κ1) is 10.2. The van der Waals surface area contributed by atoms with Crippen LogP contribution >= 0.6 is 0 Å². The minimum atomic E-state index is -0.917. The molecule has 4 heteroatoms. The number of hydrogen-bond donors (Lipinski definition) is 0. The van der Waals surface area contributed by atoms with Gasteiger partial charge in [0.05, 0.1) is 5.56 Å². The van der Waals surface area contributed by atoms with Crippen LogP contribution in [0.15, 0.2) is 36.7 Å². The van der Waals surface area contributed by atoms with Gasteiger partial charge in [-0.05, 0) is 23.8 Å². The van der Waals surface area contributed by atoms with Crippen molar-refractivity contribution in [3.8, 4) is 17.2 Å². The van der Waals surface area contributed by atoms with Crippen LogP contribution in [0.4, 0.5) is 8.78 Å². The first-order valence-corrected chi connectivity index (χ1v) is 4.51. The maximum Gasteiger partial charge on any atom is 0.159 e. The molecule has 2 nitrogen and oxygen atoms in total. The highest BCUT2D eigenvalue weighted by Gasteiger charge is 2.05. The monoisotopic (exact) mass is 216 g/mol. The van der Waals surface area contributed by atoms with Gasteiger partial charge in [-0.15, -0.1) is 0 Å². The number of nitriles is 1. The summed E-state index contributed by atoms with van der Waals surface area (Å²) in [5, 5.41) is 8.68. The standard InChI is InChI=1S/C12H6F2N2/c13-11-2-1-9(4-12(11)14)10-3-8(5-15)6-16-7-10/h1-4,6-7H. The summed E-state index contributed by atoms with van der Waals surface area (Å²) in [5.74, 6) is -1.81. The zero-order valence-electron chi connectivity index (χ0n) is 8.11. The van der Waals surface area contributed by atoms with Crippen molar-refractivity contribution in [3.63, 3.8) is 0 Å². The van der Waals surface area contributed by atoms with Gasteiger partial charge >= 0.3 is 0 Å². The zero-order chi connectivity index (χ0) is 11.5. The lowest BCUT2D eigenvalue weighted by Gasteiger charge is -2.01. The molecular formula is C12H6F2N2. The van der Waals surface area contributed by atoms with Crippen molar-refractivity contribution in [2.45, 2.75) is 0 Å². The van der Waals surface area contributed by atoms with Gasteiger partial charge in [0, 0.05) is 18.0 Å². The molecular weight excluding hydrogens is 210 g/mol. The van der Waals surface area contributed by atoms with Gasteiger partial charge in [-0.25, -0.2) is 8.78 Å². The molecule has 0 saturated heterocycles. The highest BCUT2D eigenvalue weighted by atomic mass is 19.2. The Hall–Kier alpha value is -2.28. The third kappa shape index (κ3) is 1.89. The van der Waals surface area contributed by atoms with Crippen molar-refractivity contribution in [1.82, 2.24) is 4.98 Å². The molecule has 1 heterocycles. The molecule has 0 aliphatic carbocycles. The number of rotatable bonds is 1. The van der Waals surface area contributed by atoms with Gasteiger partial charge in [-0.3, -0.25) is 4.98 Å². The predicted octanol–water partition coefficient (Wildman–Crippen LogP) is 2.90. The van der Waals surface area contributed by atoms with Crippen molar-refractivity contribution in [2.24, 2.45) is 0 Å². The van der Waals surface area contributed by atoms with E-state index in [2.05, 4.69) is 4.98 Å². The van der Waals surface area contributed by atoms with E-state index in [1.165, 1.54) is 18.5 Å². The number of pyridine rings is 1. The number of halogens is 2. The normalized spacial score (nSPS) is 9.81. The molecule has 2 rings (SSSR count). The predicted molar refractivity (Wildman–Crippen MR) is 54.3 cm³/mol. The molecule has 0 aliphatic rings. The van der Waals surface area contributed by atoms with Crippen LogP contribution in [0.25, 0.3) is 11.1 Å². The van der Waals surface area contributed by atoms with E-state index in [0.717, 1.165) is 12.1 Å². The minimum absolute atomic E-state index is 0.377. The van der Waals surface area contributed by atoms with Crippen LogP contribution in [-0.2, 0) is 0 Å². The molecule has 1 aromatic carbocycles. The lowest BCUT2D eigenvalue weighted by atomic mass is 10.1. The number of hydrogen-bond acceptors (Lipinski definition) is 2. The SMILES string of the molecule is N#Cc1cncc(-c2ccc(F)c(F)c2)c1. The summed E-state index contributed by atoms with van der Waals surface area (Å²) in [6, 6.07) is 7.07. The van der Waals surface area contributed by atoms with E-state index in [0.29, 0.717) is 16.7 Å². The van der Waals surface area contributed by atoms with E-state index >= 15 is 0 Å². The Morgan fingerprint density at radius 1 is 1.00 bits per heavy atom. The van der Waals surface area contributed by atoms with Gasteiger partial charge in [0.2, 0.25) is 0 Å². The maximum atomic E-state index is 13.0. The molecule has 0 unspecified atom stereocenters. The molecule has 0 radical (unpaired) electrons. The zero-order valence-corrected chi connectivity index (χ0v) is 8.11. The highest BCUT2D eigenvalue weighted by molar-refractivity contribution is 5.63. The average molecular weight is 216 g/mol. The summed E-state index contributed by atoms with van der Waals surface area (Å²) in [5.41, 5.74) is 1.45. The fourth-order valence-electron chi connectivity index (χ4n) is 1.33. The van der Waals surface area contributed by atoms with Crippen molar-refractivity contribution >= 4 is 0 Å². The Labute approximate surface area is 90.8 Å². The molecule has 0 aliphatic heterocycles. The molecule has 0 saturated carbocycles. The van der Waals surface area contributed by atoms with E-state index in [-0.39, 0.29) is 0 Å². The smallest absolute Gasteiger partial charge is 0.159 e. The van der Waals surface area contributed by atoms with Gasteiger partial charge in [0.25, 0.3) is 0 Å².